The molecule has 1 aromatic rings. The number of rotatable bonds is 1. The van der Waals surface area contributed by atoms with Crippen molar-refractivity contribution in [2.24, 2.45) is 5.18 Å². The molecule has 1 rings (SSSR count). The van der Waals surface area contributed by atoms with Crippen molar-refractivity contribution in [2.45, 2.75) is 0 Å². The fraction of sp³-hybridized carbons (Fsp3) is 0. The Balaban J connectivity index is 3.01. The molecule has 0 fully saturated rings. The maximum Gasteiger partial charge on any atom is 0.139 e. The van der Waals surface area contributed by atoms with Gasteiger partial charge in [-0.05, 0) is 17.3 Å². The van der Waals surface area contributed by atoms with Gasteiger partial charge >= 0.3 is 0 Å². The highest BCUT2D eigenvalue weighted by atomic mass is 16.3. The van der Waals surface area contributed by atoms with Crippen molar-refractivity contribution in [1.29, 1.82) is 0 Å². The Kier molecular flexibility index (Phi) is 1.63. The third kappa shape index (κ3) is 1.39. The monoisotopic (exact) mass is 119 g/mol. The summed E-state index contributed by atoms with van der Waals surface area (Å²) in [7, 11) is 1.97. The molecule has 0 saturated carbocycles. The first-order valence-electron chi connectivity index (χ1n) is 2.73. The largest absolute Gasteiger partial charge is 0.145 e. The van der Waals surface area contributed by atoms with E-state index in [0.717, 1.165) is 5.46 Å². The van der Waals surface area contributed by atoms with Crippen molar-refractivity contribution in [2.75, 3.05) is 0 Å². The van der Waals surface area contributed by atoms with E-state index in [1.165, 1.54) is 0 Å². The van der Waals surface area contributed by atoms with Crippen LogP contribution in [0.5, 0.6) is 0 Å². The van der Waals surface area contributed by atoms with E-state index in [-0.39, 0.29) is 0 Å². The van der Waals surface area contributed by atoms with E-state index in [9.17, 15) is 4.91 Å². The summed E-state index contributed by atoms with van der Waals surface area (Å²) >= 11 is 0. The molecule has 2 nitrogen and oxygen atoms in total. The zero-order valence-electron chi connectivity index (χ0n) is 5.16. The molecule has 0 aliphatic heterocycles. The Morgan fingerprint density at radius 2 is 1.78 bits per heavy atom. The molecule has 0 aliphatic rings. The summed E-state index contributed by atoms with van der Waals surface area (Å²) in [5, 5.41) is 2.76. The summed E-state index contributed by atoms with van der Waals surface area (Å²) in [6.45, 7) is 0. The summed E-state index contributed by atoms with van der Waals surface area (Å²) in [6, 6.07) is 7.11. The molecule has 0 radical (unpaired) electrons. The Hall–Kier alpha value is -1.12. The predicted molar refractivity (Wildman–Crippen MR) is 40.1 cm³/mol. The van der Waals surface area contributed by atoms with Gasteiger partial charge < -0.3 is 0 Å². The summed E-state index contributed by atoms with van der Waals surface area (Å²) in [5.41, 5.74) is 1.63. The standard InChI is InChI=1S/C6H6BNO/c7-5-1-3-6(8-9)4-2-5/h1-4H,7H2. The number of hydrogen-bond donors (Lipinski definition) is 0. The molecule has 44 valence electrons. The molecular formula is C6H6BNO. The maximum absolute atomic E-state index is 9.87. The SMILES string of the molecule is Bc1ccc(N=O)cc1. The van der Waals surface area contributed by atoms with Crippen molar-refractivity contribution in [3.63, 3.8) is 0 Å². The van der Waals surface area contributed by atoms with E-state index in [1.54, 1.807) is 12.1 Å². The second kappa shape index (κ2) is 2.44. The highest BCUT2D eigenvalue weighted by Crippen LogP contribution is 2.05. The van der Waals surface area contributed by atoms with E-state index in [2.05, 4.69) is 5.18 Å². The van der Waals surface area contributed by atoms with Crippen LogP contribution in [0.15, 0.2) is 29.4 Å². The zero-order valence-corrected chi connectivity index (χ0v) is 5.16. The minimum atomic E-state index is 0.487. The van der Waals surface area contributed by atoms with Gasteiger partial charge in [0.2, 0.25) is 0 Å². The summed E-state index contributed by atoms with van der Waals surface area (Å²) in [5.74, 6) is 0. The van der Waals surface area contributed by atoms with Crippen LogP contribution in [0.25, 0.3) is 0 Å². The van der Waals surface area contributed by atoms with Crippen LogP contribution in [0.1, 0.15) is 0 Å². The number of hydrogen-bond acceptors (Lipinski definition) is 2. The molecule has 0 atom stereocenters. The first-order valence-corrected chi connectivity index (χ1v) is 2.73. The third-order valence-corrected chi connectivity index (χ3v) is 1.14. The lowest BCUT2D eigenvalue weighted by molar-refractivity contribution is 1.51. The van der Waals surface area contributed by atoms with E-state index in [4.69, 9.17) is 0 Å². The van der Waals surface area contributed by atoms with Gasteiger partial charge in [-0.2, -0.15) is 0 Å². The van der Waals surface area contributed by atoms with Crippen LogP contribution >= 0.6 is 0 Å². The molecule has 3 heteroatoms. The average Bonchev–Trinajstić information content (AvgIpc) is 1.90. The molecule has 0 aromatic heterocycles. The number of nitrogens with zero attached hydrogens (tertiary/aromatic N) is 1. The van der Waals surface area contributed by atoms with Crippen LogP contribution in [0.2, 0.25) is 0 Å². The van der Waals surface area contributed by atoms with Gasteiger partial charge in [-0.25, -0.2) is 0 Å². The minimum absolute atomic E-state index is 0.487. The van der Waals surface area contributed by atoms with Gasteiger partial charge in [-0.3, -0.25) is 0 Å². The van der Waals surface area contributed by atoms with E-state index in [1.807, 2.05) is 20.0 Å². The average molecular weight is 119 g/mol. The Morgan fingerprint density at radius 1 is 1.22 bits per heavy atom. The van der Waals surface area contributed by atoms with Crippen LogP contribution in [0.3, 0.4) is 0 Å². The molecule has 0 aliphatic carbocycles. The molecule has 0 unspecified atom stereocenters. The first-order chi connectivity index (χ1) is 4.33. The van der Waals surface area contributed by atoms with Gasteiger partial charge in [0, 0.05) is 0 Å². The Labute approximate surface area is 54.3 Å². The number of benzene rings is 1. The molecule has 9 heavy (non-hydrogen) atoms. The van der Waals surface area contributed by atoms with Crippen LogP contribution < -0.4 is 5.46 Å². The lowest BCUT2D eigenvalue weighted by Crippen LogP contribution is -1.97. The zero-order chi connectivity index (χ0) is 6.69. The lowest BCUT2D eigenvalue weighted by Gasteiger charge is -1.88. The molecule has 1 aromatic carbocycles. The molecule has 0 N–H and O–H groups in total. The van der Waals surface area contributed by atoms with Gasteiger partial charge in [-0.1, -0.05) is 17.6 Å². The molecular weight excluding hydrogens is 113 g/mol. The predicted octanol–water partition coefficient (Wildman–Crippen LogP) is 0.343. The molecule has 0 amide bonds. The lowest BCUT2D eigenvalue weighted by atomic mass is 9.96. The van der Waals surface area contributed by atoms with Crippen LogP contribution in [-0.4, -0.2) is 7.85 Å². The topological polar surface area (TPSA) is 29.4 Å². The summed E-state index contributed by atoms with van der Waals surface area (Å²) in [4.78, 5) is 9.87. The second-order valence-corrected chi connectivity index (χ2v) is 1.93. The highest BCUT2D eigenvalue weighted by molar-refractivity contribution is 6.32. The fourth-order valence-corrected chi connectivity index (χ4v) is 0.606. The Morgan fingerprint density at radius 3 is 2.22 bits per heavy atom. The van der Waals surface area contributed by atoms with Gasteiger partial charge in [0.1, 0.15) is 13.5 Å². The van der Waals surface area contributed by atoms with E-state index < -0.39 is 0 Å². The van der Waals surface area contributed by atoms with Crippen molar-refractivity contribution in [3.05, 3.63) is 29.2 Å². The summed E-state index contributed by atoms with van der Waals surface area (Å²) in [6.07, 6.45) is 0. The minimum Gasteiger partial charge on any atom is -0.145 e. The molecule has 0 bridgehead atoms. The van der Waals surface area contributed by atoms with Crippen LogP contribution in [0, 0.1) is 4.91 Å². The Bertz CT molecular complexity index is 207. The number of nitroso groups, excluding NO2 is 1. The van der Waals surface area contributed by atoms with Crippen molar-refractivity contribution < 1.29 is 0 Å². The highest BCUT2D eigenvalue weighted by Gasteiger charge is 1.86. The van der Waals surface area contributed by atoms with Crippen LogP contribution in [-0.2, 0) is 0 Å². The molecule has 0 saturated heterocycles. The quantitative estimate of drug-likeness (QED) is 0.387. The van der Waals surface area contributed by atoms with Gasteiger partial charge in [0.15, 0.2) is 0 Å². The van der Waals surface area contributed by atoms with Crippen molar-refractivity contribution in [1.82, 2.24) is 0 Å². The van der Waals surface area contributed by atoms with E-state index in [0.29, 0.717) is 5.69 Å². The van der Waals surface area contributed by atoms with Crippen molar-refractivity contribution in [3.8, 4) is 0 Å². The normalized spacial score (nSPS) is 8.89. The van der Waals surface area contributed by atoms with Gasteiger partial charge in [0.05, 0.1) is 0 Å². The van der Waals surface area contributed by atoms with Gasteiger partial charge in [-0.15, -0.1) is 4.91 Å². The van der Waals surface area contributed by atoms with Crippen molar-refractivity contribution >= 4 is 19.0 Å². The second-order valence-electron chi connectivity index (χ2n) is 1.93. The third-order valence-electron chi connectivity index (χ3n) is 1.14. The molecule has 0 spiro atoms. The maximum atomic E-state index is 9.87. The van der Waals surface area contributed by atoms with Crippen LogP contribution in [0.4, 0.5) is 5.69 Å². The fourth-order valence-electron chi connectivity index (χ4n) is 0.606. The smallest absolute Gasteiger partial charge is 0.139 e. The van der Waals surface area contributed by atoms with Gasteiger partial charge in [0.25, 0.3) is 0 Å². The first kappa shape index (κ1) is 6.01. The van der Waals surface area contributed by atoms with E-state index >= 15 is 0 Å². The molecule has 0 heterocycles. The summed E-state index contributed by atoms with van der Waals surface area (Å²) < 4.78 is 0.